The van der Waals surface area contributed by atoms with Crippen LogP contribution in [0.2, 0.25) is 0 Å². The summed E-state index contributed by atoms with van der Waals surface area (Å²) in [5, 5.41) is 0. The van der Waals surface area contributed by atoms with Crippen molar-refractivity contribution >= 4 is 6.09 Å². The molecule has 0 aliphatic carbocycles. The van der Waals surface area contributed by atoms with Crippen LogP contribution >= 0.6 is 0 Å². The van der Waals surface area contributed by atoms with Crippen molar-refractivity contribution in [2.45, 2.75) is 31.3 Å². The lowest BCUT2D eigenvalue weighted by Gasteiger charge is -2.24. The first-order chi connectivity index (χ1) is 6.72. The molecule has 2 heterocycles. The number of carbonyl (C=O) groups is 1. The van der Waals surface area contributed by atoms with Gasteiger partial charge >= 0.3 is 6.09 Å². The maximum atomic E-state index is 11.4. The fraction of sp³-hybridized carbons (Fsp3) is 0.900. The summed E-state index contributed by atoms with van der Waals surface area (Å²) in [6.07, 6.45) is 3.42. The van der Waals surface area contributed by atoms with Crippen molar-refractivity contribution in [3.63, 3.8) is 0 Å². The third-order valence-corrected chi connectivity index (χ3v) is 3.58. The Morgan fingerprint density at radius 1 is 1.29 bits per heavy atom. The van der Waals surface area contributed by atoms with Crippen LogP contribution in [0.3, 0.4) is 0 Å². The van der Waals surface area contributed by atoms with Gasteiger partial charge in [0, 0.05) is 25.2 Å². The molecule has 2 fully saturated rings. The SMILES string of the molecule is COC(=O)N1CCC2CCC(C1)N2C. The van der Waals surface area contributed by atoms with Crippen molar-refractivity contribution in [2.24, 2.45) is 0 Å². The molecule has 0 aromatic rings. The number of hydrogen-bond donors (Lipinski definition) is 0. The van der Waals surface area contributed by atoms with E-state index in [0.717, 1.165) is 19.5 Å². The lowest BCUT2D eigenvalue weighted by atomic mass is 10.1. The molecule has 1 amide bonds. The van der Waals surface area contributed by atoms with E-state index < -0.39 is 0 Å². The Hall–Kier alpha value is -0.770. The minimum absolute atomic E-state index is 0.175. The molecular formula is C10H18N2O2. The lowest BCUT2D eigenvalue weighted by molar-refractivity contribution is 0.119. The molecule has 14 heavy (non-hydrogen) atoms. The average molecular weight is 198 g/mol. The van der Waals surface area contributed by atoms with Gasteiger partial charge in [0.25, 0.3) is 0 Å². The van der Waals surface area contributed by atoms with Crippen LogP contribution in [0, 0.1) is 0 Å². The van der Waals surface area contributed by atoms with Crippen LogP contribution in [0.15, 0.2) is 0 Å². The van der Waals surface area contributed by atoms with Gasteiger partial charge in [-0.3, -0.25) is 4.90 Å². The number of hydrogen-bond acceptors (Lipinski definition) is 3. The van der Waals surface area contributed by atoms with Gasteiger partial charge < -0.3 is 9.64 Å². The molecule has 2 aliphatic rings. The van der Waals surface area contributed by atoms with Crippen molar-refractivity contribution in [3.8, 4) is 0 Å². The summed E-state index contributed by atoms with van der Waals surface area (Å²) < 4.78 is 4.76. The summed E-state index contributed by atoms with van der Waals surface area (Å²) in [6.45, 7) is 1.68. The van der Waals surface area contributed by atoms with E-state index in [4.69, 9.17) is 4.74 Å². The Balaban J connectivity index is 2.03. The first-order valence-electron chi connectivity index (χ1n) is 5.27. The van der Waals surface area contributed by atoms with Crippen molar-refractivity contribution in [2.75, 3.05) is 27.2 Å². The molecule has 2 unspecified atom stereocenters. The Labute approximate surface area is 84.8 Å². The minimum atomic E-state index is -0.175. The largest absolute Gasteiger partial charge is 0.453 e. The third kappa shape index (κ3) is 1.59. The summed E-state index contributed by atoms with van der Waals surface area (Å²) in [6, 6.07) is 1.22. The minimum Gasteiger partial charge on any atom is -0.453 e. The first kappa shape index (κ1) is 9.77. The zero-order valence-corrected chi connectivity index (χ0v) is 8.90. The van der Waals surface area contributed by atoms with Gasteiger partial charge in [-0.25, -0.2) is 4.79 Å². The number of rotatable bonds is 0. The molecule has 0 aromatic heterocycles. The van der Waals surface area contributed by atoms with E-state index in [2.05, 4.69) is 11.9 Å². The highest BCUT2D eigenvalue weighted by atomic mass is 16.5. The Morgan fingerprint density at radius 3 is 2.71 bits per heavy atom. The van der Waals surface area contributed by atoms with Crippen LogP contribution in [0.25, 0.3) is 0 Å². The molecule has 2 atom stereocenters. The fourth-order valence-corrected chi connectivity index (χ4v) is 2.60. The molecule has 80 valence electrons. The lowest BCUT2D eigenvalue weighted by Crippen LogP contribution is -2.39. The number of nitrogens with zero attached hydrogens (tertiary/aromatic N) is 2. The van der Waals surface area contributed by atoms with Gasteiger partial charge in [-0.15, -0.1) is 0 Å². The normalized spacial score (nSPS) is 32.9. The highest BCUT2D eigenvalue weighted by molar-refractivity contribution is 5.67. The zero-order chi connectivity index (χ0) is 10.1. The smallest absolute Gasteiger partial charge is 0.409 e. The van der Waals surface area contributed by atoms with E-state index in [0.29, 0.717) is 12.1 Å². The second-order valence-corrected chi connectivity index (χ2v) is 4.26. The Morgan fingerprint density at radius 2 is 2.00 bits per heavy atom. The molecule has 0 saturated carbocycles. The monoisotopic (exact) mass is 198 g/mol. The van der Waals surface area contributed by atoms with Crippen molar-refractivity contribution in [3.05, 3.63) is 0 Å². The van der Waals surface area contributed by atoms with Gasteiger partial charge in [0.2, 0.25) is 0 Å². The number of likely N-dealkylation sites (N-methyl/N-ethyl adjacent to an activating group) is 1. The van der Waals surface area contributed by atoms with E-state index >= 15 is 0 Å². The van der Waals surface area contributed by atoms with Gasteiger partial charge in [-0.1, -0.05) is 0 Å². The summed E-state index contributed by atoms with van der Waals surface area (Å²) >= 11 is 0. The van der Waals surface area contributed by atoms with E-state index in [9.17, 15) is 4.79 Å². The van der Waals surface area contributed by atoms with Crippen molar-refractivity contribution < 1.29 is 9.53 Å². The molecular weight excluding hydrogens is 180 g/mol. The van der Waals surface area contributed by atoms with Gasteiger partial charge in [0.05, 0.1) is 7.11 Å². The van der Waals surface area contributed by atoms with Crippen LogP contribution in [-0.2, 0) is 4.74 Å². The maximum Gasteiger partial charge on any atom is 0.409 e. The van der Waals surface area contributed by atoms with Crippen LogP contribution in [0.1, 0.15) is 19.3 Å². The van der Waals surface area contributed by atoms with E-state index in [1.807, 2.05) is 4.90 Å². The van der Waals surface area contributed by atoms with Crippen LogP contribution in [0.5, 0.6) is 0 Å². The number of fused-ring (bicyclic) bond motifs is 2. The summed E-state index contributed by atoms with van der Waals surface area (Å²) in [5.41, 5.74) is 0. The van der Waals surface area contributed by atoms with Crippen molar-refractivity contribution in [1.82, 2.24) is 9.80 Å². The van der Waals surface area contributed by atoms with E-state index in [1.54, 1.807) is 0 Å². The molecule has 2 rings (SSSR count). The number of carbonyl (C=O) groups excluding carboxylic acids is 1. The molecule has 2 aliphatic heterocycles. The number of ether oxygens (including phenoxy) is 1. The standard InChI is InChI=1S/C10H18N2O2/c1-11-8-3-4-9(11)7-12(6-5-8)10(13)14-2/h8-9H,3-7H2,1-2H3. The van der Waals surface area contributed by atoms with Crippen LogP contribution < -0.4 is 0 Å². The molecule has 0 spiro atoms. The van der Waals surface area contributed by atoms with Gasteiger partial charge in [-0.2, -0.15) is 0 Å². The average Bonchev–Trinajstić information content (AvgIpc) is 2.40. The van der Waals surface area contributed by atoms with Gasteiger partial charge in [0.15, 0.2) is 0 Å². The Bertz CT molecular complexity index is 232. The predicted octanol–water partition coefficient (Wildman–Crippen LogP) is 0.921. The third-order valence-electron chi connectivity index (χ3n) is 3.58. The number of methoxy groups -OCH3 is 1. The van der Waals surface area contributed by atoms with E-state index in [-0.39, 0.29) is 6.09 Å². The highest BCUT2D eigenvalue weighted by Crippen LogP contribution is 2.28. The number of likely N-dealkylation sites (tertiary alicyclic amines) is 1. The molecule has 4 heteroatoms. The maximum absolute atomic E-state index is 11.4. The number of amides is 1. The molecule has 0 N–H and O–H groups in total. The second kappa shape index (κ2) is 3.77. The van der Waals surface area contributed by atoms with Crippen molar-refractivity contribution in [1.29, 1.82) is 0 Å². The zero-order valence-electron chi connectivity index (χ0n) is 8.90. The fourth-order valence-electron chi connectivity index (χ4n) is 2.60. The Kier molecular flexibility index (Phi) is 2.63. The summed E-state index contributed by atoms with van der Waals surface area (Å²) in [4.78, 5) is 15.6. The summed E-state index contributed by atoms with van der Waals surface area (Å²) in [7, 11) is 3.62. The molecule has 4 nitrogen and oxygen atoms in total. The molecule has 2 bridgehead atoms. The first-order valence-corrected chi connectivity index (χ1v) is 5.27. The van der Waals surface area contributed by atoms with Crippen LogP contribution in [0.4, 0.5) is 4.79 Å². The topological polar surface area (TPSA) is 32.8 Å². The predicted molar refractivity (Wildman–Crippen MR) is 53.2 cm³/mol. The second-order valence-electron chi connectivity index (χ2n) is 4.26. The molecule has 0 radical (unpaired) electrons. The van der Waals surface area contributed by atoms with Crippen LogP contribution in [-0.4, -0.2) is 55.2 Å². The van der Waals surface area contributed by atoms with Gasteiger partial charge in [0.1, 0.15) is 0 Å². The van der Waals surface area contributed by atoms with Gasteiger partial charge in [-0.05, 0) is 26.3 Å². The van der Waals surface area contributed by atoms with E-state index in [1.165, 1.54) is 20.0 Å². The quantitative estimate of drug-likeness (QED) is 0.580. The molecule has 0 aromatic carbocycles. The molecule has 2 saturated heterocycles. The summed E-state index contributed by atoms with van der Waals surface area (Å²) in [5.74, 6) is 0. The highest BCUT2D eigenvalue weighted by Gasteiger charge is 2.36.